The number of hydrogen-bond acceptors (Lipinski definition) is 3. The molecule has 70 valence electrons. The van der Waals surface area contributed by atoms with Crippen molar-refractivity contribution in [2.45, 2.75) is 13.2 Å². The van der Waals surface area contributed by atoms with Crippen LogP contribution in [0.4, 0.5) is 0 Å². The Bertz CT molecular complexity index is 511. The summed E-state index contributed by atoms with van der Waals surface area (Å²) in [5, 5.41) is 18.4. The van der Waals surface area contributed by atoms with Gasteiger partial charge in [-0.3, -0.25) is 0 Å². The molecule has 0 aliphatic rings. The monoisotopic (exact) mass is 188 g/mol. The van der Waals surface area contributed by atoms with Gasteiger partial charge in [-0.2, -0.15) is 0 Å². The van der Waals surface area contributed by atoms with E-state index in [1.54, 1.807) is 0 Å². The molecule has 1 aromatic carbocycles. The third-order valence-corrected chi connectivity index (χ3v) is 1.54. The van der Waals surface area contributed by atoms with E-state index in [4.69, 9.17) is 11.0 Å². The van der Waals surface area contributed by atoms with E-state index in [0.29, 0.717) is 0 Å². The van der Waals surface area contributed by atoms with Crippen LogP contribution in [0.1, 0.15) is 23.4 Å². The first-order valence-electron chi connectivity index (χ1n) is 7.45. The highest BCUT2D eigenvalue weighted by Crippen LogP contribution is 2.09. The molecule has 0 unspecified atom stereocenters. The van der Waals surface area contributed by atoms with Gasteiger partial charge in [0.05, 0.1) is 11.2 Å². The first-order chi connectivity index (χ1) is 9.25. The van der Waals surface area contributed by atoms with Crippen molar-refractivity contribution < 1.29 is 25.8 Å². The first-order valence-corrected chi connectivity index (χ1v) is 3.45. The van der Waals surface area contributed by atoms with E-state index in [1.165, 1.54) is 0 Å². The molecule has 0 amide bonds. The molecule has 1 aromatic rings. The van der Waals surface area contributed by atoms with E-state index in [9.17, 15) is 10.0 Å². The smallest absolute Gasteiger partial charge is 0.492 e. The van der Waals surface area contributed by atoms with Gasteiger partial charge < -0.3 is 14.8 Å². The van der Waals surface area contributed by atoms with Gasteiger partial charge in [0.2, 0.25) is 0 Å². The summed E-state index contributed by atoms with van der Waals surface area (Å²) in [6, 6.07) is 2.87. The van der Waals surface area contributed by atoms with Crippen molar-refractivity contribution in [3.63, 3.8) is 0 Å². The van der Waals surface area contributed by atoms with E-state index < -0.39 is 38.6 Å². The molecule has 4 heteroatoms. The minimum absolute atomic E-state index is 0.344. The molecule has 0 heterocycles. The fraction of sp³-hybridized carbons (Fsp3) is 0.333. The Morgan fingerprint density at radius 1 is 1.62 bits per heavy atom. The second kappa shape index (κ2) is 4.30. The van der Waals surface area contributed by atoms with Crippen LogP contribution in [0.3, 0.4) is 0 Å². The molecule has 0 atom stereocenters. The molecule has 0 aromatic heterocycles. The summed E-state index contributed by atoms with van der Waals surface area (Å²) in [6.45, 7) is -2.98. The minimum atomic E-state index is -2.98. The lowest BCUT2D eigenvalue weighted by atomic mass is 9.78. The Morgan fingerprint density at radius 3 is 3.08 bits per heavy atom. The highest BCUT2D eigenvalue weighted by Gasteiger charge is 2.16. The zero-order chi connectivity index (χ0) is 16.6. The van der Waals surface area contributed by atoms with Crippen molar-refractivity contribution in [2.75, 3.05) is 7.04 Å². The second-order valence-corrected chi connectivity index (χ2v) is 2.35. The zero-order valence-electron chi connectivity index (χ0n) is 14.6. The molecular weight excluding hydrogens is 167 g/mol. The van der Waals surface area contributed by atoms with E-state index in [1.807, 2.05) is 0 Å². The summed E-state index contributed by atoms with van der Waals surface area (Å²) >= 11 is 0. The van der Waals surface area contributed by atoms with Crippen LogP contribution >= 0.6 is 0 Å². The fourth-order valence-electron chi connectivity index (χ4n) is 0.921. The molecule has 13 heavy (non-hydrogen) atoms. The lowest BCUT2D eigenvalue weighted by molar-refractivity contribution is 0.403. The van der Waals surface area contributed by atoms with Crippen molar-refractivity contribution in [1.29, 1.82) is 0 Å². The molecule has 0 radical (unpaired) electrons. The van der Waals surface area contributed by atoms with Crippen LogP contribution in [0.25, 0.3) is 0 Å². The Kier molecular flexibility index (Phi) is 1.20. The Hall–Kier alpha value is -0.995. The molecule has 0 fully saturated rings. The highest BCUT2D eigenvalue weighted by atomic mass is 16.5. The van der Waals surface area contributed by atoms with Gasteiger partial charge in [0.25, 0.3) is 0 Å². The van der Waals surface area contributed by atoms with Crippen molar-refractivity contribution in [1.82, 2.24) is 0 Å². The minimum Gasteiger partial charge on any atom is -0.497 e. The fourth-order valence-corrected chi connectivity index (χ4v) is 0.921. The maximum absolute atomic E-state index is 9.22. The summed E-state index contributed by atoms with van der Waals surface area (Å²) in [7, 11) is -4.98. The number of rotatable bonds is 3. The van der Waals surface area contributed by atoms with Crippen molar-refractivity contribution in [2.24, 2.45) is 0 Å². The van der Waals surface area contributed by atoms with E-state index in [-0.39, 0.29) is 5.56 Å². The number of methoxy groups -OCH3 is 1. The van der Waals surface area contributed by atoms with E-state index >= 15 is 0 Å². The summed E-state index contributed by atoms with van der Waals surface area (Å²) in [6.07, 6.45) is -2.74. The maximum Gasteiger partial charge on any atom is 0.492 e. The standard InChI is InChI=1S/C9H13BO3/c1-3-7-4-5-9(13-2)8(6-7)10(11)12/h4-6,11-12H,3H2,1-2H3/i1D3,2D3,3D2. The summed E-state index contributed by atoms with van der Waals surface area (Å²) < 4.78 is 62.1. The quantitative estimate of drug-likeness (QED) is 0.653. The van der Waals surface area contributed by atoms with Gasteiger partial charge in [0, 0.05) is 12.3 Å². The average molecular weight is 188 g/mol. The van der Waals surface area contributed by atoms with Gasteiger partial charge in [-0.15, -0.1) is 0 Å². The number of hydrogen-bond donors (Lipinski definition) is 2. The molecule has 0 bridgehead atoms. The van der Waals surface area contributed by atoms with Crippen LogP contribution in [0.2, 0.25) is 0 Å². The SMILES string of the molecule is [2H]C([2H])([2H])Oc1ccc(C([2H])([2H])C([2H])([2H])[2H])cc1B(O)O. The number of ether oxygens (including phenoxy) is 1. The van der Waals surface area contributed by atoms with Gasteiger partial charge in [-0.05, 0) is 18.0 Å². The number of aryl methyl sites for hydroxylation is 1. The molecule has 2 N–H and O–H groups in total. The molecular formula is C9H13BO3. The van der Waals surface area contributed by atoms with Gasteiger partial charge in [-0.25, -0.2) is 0 Å². The molecule has 0 saturated heterocycles. The molecule has 0 aliphatic carbocycles. The summed E-state index contributed by atoms with van der Waals surface area (Å²) in [4.78, 5) is 0. The third kappa shape index (κ3) is 2.23. The van der Waals surface area contributed by atoms with Gasteiger partial charge in [-0.1, -0.05) is 19.0 Å². The van der Waals surface area contributed by atoms with E-state index in [2.05, 4.69) is 4.74 Å². The van der Waals surface area contributed by atoms with Crippen molar-refractivity contribution in [3.05, 3.63) is 23.8 Å². The zero-order valence-corrected chi connectivity index (χ0v) is 6.61. The van der Waals surface area contributed by atoms with Crippen LogP contribution in [0.15, 0.2) is 18.2 Å². The van der Waals surface area contributed by atoms with Crippen LogP contribution in [0.5, 0.6) is 5.75 Å². The van der Waals surface area contributed by atoms with Gasteiger partial charge >= 0.3 is 7.12 Å². The largest absolute Gasteiger partial charge is 0.497 e. The second-order valence-electron chi connectivity index (χ2n) is 2.35. The molecule has 0 saturated carbocycles. The normalized spacial score (nSPS) is 22.0. The molecule has 0 spiro atoms. The lowest BCUT2D eigenvalue weighted by Crippen LogP contribution is -2.31. The van der Waals surface area contributed by atoms with Gasteiger partial charge in [0.1, 0.15) is 5.75 Å². The van der Waals surface area contributed by atoms with Crippen LogP contribution in [-0.2, 0) is 6.37 Å². The van der Waals surface area contributed by atoms with Crippen molar-refractivity contribution >= 4 is 12.6 Å². The maximum atomic E-state index is 9.22. The number of benzene rings is 1. The summed E-state index contributed by atoms with van der Waals surface area (Å²) in [5.41, 5.74) is -0.778. The Balaban J connectivity index is 3.34. The molecule has 1 rings (SSSR count). The predicted octanol–water partition coefficient (Wildman–Crippen LogP) is -0.0626. The highest BCUT2D eigenvalue weighted by molar-refractivity contribution is 6.59. The van der Waals surface area contributed by atoms with Crippen LogP contribution in [0, 0.1) is 0 Å². The Morgan fingerprint density at radius 2 is 2.46 bits per heavy atom. The molecule has 0 aliphatic heterocycles. The topological polar surface area (TPSA) is 49.7 Å². The lowest BCUT2D eigenvalue weighted by Gasteiger charge is -2.08. The van der Waals surface area contributed by atoms with Crippen molar-refractivity contribution in [3.8, 4) is 5.75 Å². The average Bonchev–Trinajstić information content (AvgIpc) is 2.25. The van der Waals surface area contributed by atoms with Crippen LogP contribution in [-0.4, -0.2) is 24.2 Å². The third-order valence-electron chi connectivity index (χ3n) is 1.54. The summed E-state index contributed by atoms with van der Waals surface area (Å²) in [5.74, 6) is -0.393. The first kappa shape index (κ1) is 3.63. The Labute approximate surface area is 89.4 Å². The van der Waals surface area contributed by atoms with Crippen LogP contribution < -0.4 is 10.2 Å². The predicted molar refractivity (Wildman–Crippen MR) is 52.2 cm³/mol. The van der Waals surface area contributed by atoms with Gasteiger partial charge in [0.15, 0.2) is 0 Å². The molecule has 3 nitrogen and oxygen atoms in total. The van der Waals surface area contributed by atoms with E-state index in [0.717, 1.165) is 18.2 Å².